The van der Waals surface area contributed by atoms with Crippen LogP contribution < -0.4 is 10.6 Å². The van der Waals surface area contributed by atoms with Crippen LogP contribution in [0.2, 0.25) is 0 Å². The van der Waals surface area contributed by atoms with E-state index >= 15 is 0 Å². The first-order valence-electron chi connectivity index (χ1n) is 8.39. The molecule has 2 aromatic rings. The van der Waals surface area contributed by atoms with Crippen molar-refractivity contribution < 1.29 is 9.90 Å². The smallest absolute Gasteiger partial charge is 0.315 e. The monoisotopic (exact) mass is 329 g/mol. The number of aliphatic hydroxyl groups is 1. The number of rotatable bonds is 5. The van der Waals surface area contributed by atoms with Crippen molar-refractivity contribution >= 4 is 6.03 Å². The van der Waals surface area contributed by atoms with Gasteiger partial charge in [-0.2, -0.15) is 0 Å². The molecule has 3 N–H and O–H groups in total. The van der Waals surface area contributed by atoms with E-state index in [2.05, 4.69) is 25.4 Å². The molecule has 1 aliphatic rings. The molecule has 0 bridgehead atoms. The fourth-order valence-corrected chi connectivity index (χ4v) is 2.88. The second kappa shape index (κ2) is 7.92. The Labute approximate surface area is 141 Å². The van der Waals surface area contributed by atoms with Crippen molar-refractivity contribution in [2.75, 3.05) is 6.54 Å². The summed E-state index contributed by atoms with van der Waals surface area (Å²) in [6.45, 7) is 1.40. The van der Waals surface area contributed by atoms with Crippen LogP contribution in [0.5, 0.6) is 0 Å². The van der Waals surface area contributed by atoms with E-state index < -0.39 is 6.10 Å². The van der Waals surface area contributed by atoms with Gasteiger partial charge in [0, 0.05) is 19.5 Å². The first-order chi connectivity index (χ1) is 11.7. The second-order valence-electron chi connectivity index (χ2n) is 5.98. The fraction of sp³-hybridized carbons (Fsp3) is 0.471. The maximum atomic E-state index is 11.9. The minimum Gasteiger partial charge on any atom is -0.387 e. The van der Waals surface area contributed by atoms with E-state index in [0.29, 0.717) is 6.54 Å². The molecule has 0 saturated carbocycles. The van der Waals surface area contributed by atoms with E-state index in [9.17, 15) is 9.90 Å². The number of benzene rings is 1. The SMILES string of the molecule is O=C(NCc1nnc2n1CCCCC2)NC[C@H](O)c1ccccc1. The summed E-state index contributed by atoms with van der Waals surface area (Å²) in [7, 11) is 0. The van der Waals surface area contributed by atoms with E-state index in [4.69, 9.17) is 0 Å². The number of nitrogens with zero attached hydrogens (tertiary/aromatic N) is 3. The first kappa shape index (κ1) is 16.4. The number of aryl methyl sites for hydroxylation is 1. The molecule has 2 amide bonds. The number of hydrogen-bond donors (Lipinski definition) is 3. The molecule has 1 aliphatic heterocycles. The zero-order valence-corrected chi connectivity index (χ0v) is 13.6. The Bertz CT molecular complexity index is 671. The second-order valence-corrected chi connectivity index (χ2v) is 5.98. The minimum absolute atomic E-state index is 0.161. The Kier molecular flexibility index (Phi) is 5.43. The van der Waals surface area contributed by atoms with Gasteiger partial charge in [0.25, 0.3) is 0 Å². The fourth-order valence-electron chi connectivity index (χ4n) is 2.88. The summed E-state index contributed by atoms with van der Waals surface area (Å²) in [5.74, 6) is 1.79. The van der Waals surface area contributed by atoms with E-state index in [1.807, 2.05) is 30.3 Å². The maximum absolute atomic E-state index is 11.9. The minimum atomic E-state index is -0.721. The van der Waals surface area contributed by atoms with Crippen molar-refractivity contribution in [3.63, 3.8) is 0 Å². The van der Waals surface area contributed by atoms with Gasteiger partial charge in [-0.15, -0.1) is 10.2 Å². The third-order valence-electron chi connectivity index (χ3n) is 4.23. The van der Waals surface area contributed by atoms with E-state index in [1.54, 1.807) is 0 Å². The molecule has 7 nitrogen and oxygen atoms in total. The van der Waals surface area contributed by atoms with Crippen molar-refractivity contribution in [2.24, 2.45) is 0 Å². The third kappa shape index (κ3) is 4.11. The van der Waals surface area contributed by atoms with Gasteiger partial charge in [-0.25, -0.2) is 4.79 Å². The van der Waals surface area contributed by atoms with Crippen molar-refractivity contribution in [3.8, 4) is 0 Å². The molecule has 24 heavy (non-hydrogen) atoms. The number of amides is 2. The molecule has 1 aromatic heterocycles. The largest absolute Gasteiger partial charge is 0.387 e. The summed E-state index contributed by atoms with van der Waals surface area (Å²) >= 11 is 0. The van der Waals surface area contributed by atoms with Gasteiger partial charge in [0.1, 0.15) is 5.82 Å². The molecular formula is C17H23N5O2. The highest BCUT2D eigenvalue weighted by Crippen LogP contribution is 2.14. The van der Waals surface area contributed by atoms with Crippen LogP contribution >= 0.6 is 0 Å². The van der Waals surface area contributed by atoms with Gasteiger partial charge in [0.15, 0.2) is 5.82 Å². The van der Waals surface area contributed by atoms with Gasteiger partial charge in [0.2, 0.25) is 0 Å². The summed E-state index contributed by atoms with van der Waals surface area (Å²) < 4.78 is 2.10. The van der Waals surface area contributed by atoms with Crippen molar-refractivity contribution in [1.29, 1.82) is 0 Å². The number of hydrogen-bond acceptors (Lipinski definition) is 4. The van der Waals surface area contributed by atoms with Gasteiger partial charge in [-0.05, 0) is 18.4 Å². The predicted molar refractivity (Wildman–Crippen MR) is 89.2 cm³/mol. The summed E-state index contributed by atoms with van der Waals surface area (Å²) in [5.41, 5.74) is 0.778. The Hall–Kier alpha value is -2.41. The molecule has 2 heterocycles. The van der Waals surface area contributed by atoms with Crippen LogP contribution in [-0.2, 0) is 19.5 Å². The number of fused-ring (bicyclic) bond motifs is 1. The van der Waals surface area contributed by atoms with Crippen molar-refractivity contribution in [1.82, 2.24) is 25.4 Å². The van der Waals surface area contributed by atoms with Crippen LogP contribution in [0.25, 0.3) is 0 Å². The molecule has 1 atom stereocenters. The highest BCUT2D eigenvalue weighted by Gasteiger charge is 2.15. The molecule has 128 valence electrons. The molecule has 1 aromatic carbocycles. The number of carbonyl (C=O) groups excluding carboxylic acids is 1. The summed E-state index contributed by atoms with van der Waals surface area (Å²) in [6, 6.07) is 8.94. The number of urea groups is 1. The van der Waals surface area contributed by atoms with Crippen LogP contribution in [0, 0.1) is 0 Å². The molecule has 0 fully saturated rings. The van der Waals surface area contributed by atoms with Gasteiger partial charge in [-0.3, -0.25) is 0 Å². The van der Waals surface area contributed by atoms with Crippen LogP contribution in [0.4, 0.5) is 4.79 Å². The molecular weight excluding hydrogens is 306 g/mol. The Morgan fingerprint density at radius 2 is 2.00 bits per heavy atom. The van der Waals surface area contributed by atoms with Crippen LogP contribution in [0.15, 0.2) is 30.3 Å². The van der Waals surface area contributed by atoms with Crippen molar-refractivity contribution in [3.05, 3.63) is 47.5 Å². The van der Waals surface area contributed by atoms with Gasteiger partial charge in [0.05, 0.1) is 12.6 Å². The number of aliphatic hydroxyl groups excluding tert-OH is 1. The topological polar surface area (TPSA) is 92.1 Å². The number of carbonyl (C=O) groups is 1. The zero-order valence-electron chi connectivity index (χ0n) is 13.6. The summed E-state index contributed by atoms with van der Waals surface area (Å²) in [4.78, 5) is 11.9. The van der Waals surface area contributed by atoms with Crippen molar-refractivity contribution in [2.45, 2.75) is 44.9 Å². The third-order valence-corrected chi connectivity index (χ3v) is 4.23. The standard InChI is InChI=1S/C17H23N5O2/c23-14(13-7-3-1-4-8-13)11-18-17(24)19-12-16-21-20-15-9-5-2-6-10-22(15)16/h1,3-4,7-8,14,23H,2,5-6,9-12H2,(H2,18,19,24)/t14-/m0/s1. The number of aromatic nitrogens is 3. The molecule has 0 unspecified atom stereocenters. The van der Waals surface area contributed by atoms with Crippen LogP contribution in [0.1, 0.15) is 42.6 Å². The highest BCUT2D eigenvalue weighted by molar-refractivity contribution is 5.73. The molecule has 3 rings (SSSR count). The van der Waals surface area contributed by atoms with Gasteiger partial charge >= 0.3 is 6.03 Å². The molecule has 0 radical (unpaired) electrons. The lowest BCUT2D eigenvalue weighted by molar-refractivity contribution is 0.173. The van der Waals surface area contributed by atoms with Gasteiger partial charge < -0.3 is 20.3 Å². The molecule has 0 saturated heterocycles. The average Bonchev–Trinajstić information content (AvgIpc) is 2.85. The van der Waals surface area contributed by atoms with E-state index in [0.717, 1.165) is 43.0 Å². The Balaban J connectivity index is 1.47. The Morgan fingerprint density at radius 3 is 2.83 bits per heavy atom. The lowest BCUT2D eigenvalue weighted by atomic mass is 10.1. The maximum Gasteiger partial charge on any atom is 0.315 e. The normalized spacial score (nSPS) is 15.2. The zero-order chi connectivity index (χ0) is 16.8. The lowest BCUT2D eigenvalue weighted by Gasteiger charge is -2.13. The molecule has 7 heteroatoms. The highest BCUT2D eigenvalue weighted by atomic mass is 16.3. The summed E-state index contributed by atoms with van der Waals surface area (Å²) in [6.07, 6.45) is 3.69. The first-order valence-corrected chi connectivity index (χ1v) is 8.39. The van der Waals surface area contributed by atoms with Gasteiger partial charge in [-0.1, -0.05) is 36.8 Å². The van der Waals surface area contributed by atoms with E-state index in [1.165, 1.54) is 6.42 Å². The molecule has 0 aliphatic carbocycles. The average molecular weight is 329 g/mol. The predicted octanol–water partition coefficient (Wildman–Crippen LogP) is 1.54. The Morgan fingerprint density at radius 1 is 1.17 bits per heavy atom. The summed E-state index contributed by atoms with van der Waals surface area (Å²) in [5, 5.41) is 23.9. The lowest BCUT2D eigenvalue weighted by Crippen LogP contribution is -2.38. The molecule has 0 spiro atoms. The van der Waals surface area contributed by atoms with Crippen LogP contribution in [-0.4, -0.2) is 32.4 Å². The quantitative estimate of drug-likeness (QED) is 0.776. The van der Waals surface area contributed by atoms with E-state index in [-0.39, 0.29) is 12.6 Å². The van der Waals surface area contributed by atoms with Crippen LogP contribution in [0.3, 0.4) is 0 Å². The number of nitrogens with one attached hydrogen (secondary N) is 2.